The summed E-state index contributed by atoms with van der Waals surface area (Å²) in [5.74, 6) is 0. The third kappa shape index (κ3) is 9510. The molecule has 0 aromatic heterocycles. The topological polar surface area (TPSA) is 20.2 Å². The van der Waals surface area contributed by atoms with E-state index >= 15 is 0 Å². The van der Waals surface area contributed by atoms with E-state index in [0.717, 1.165) is 0 Å². The smallest absolute Gasteiger partial charge is 0.0563 e. The molecule has 0 bridgehead atoms. The fourth-order valence-corrected chi connectivity index (χ4v) is 0. The van der Waals surface area contributed by atoms with Crippen LogP contribution in [0.5, 0.6) is 0 Å². The van der Waals surface area contributed by atoms with Crippen molar-refractivity contribution in [3.63, 3.8) is 0 Å². The summed E-state index contributed by atoms with van der Waals surface area (Å²) in [6.07, 6.45) is 0. The molecule has 0 rings (SSSR count). The van der Waals surface area contributed by atoms with Crippen LogP contribution in [0.2, 0.25) is 0 Å². The van der Waals surface area contributed by atoms with E-state index in [1.807, 2.05) is 0 Å². The van der Waals surface area contributed by atoms with Crippen molar-refractivity contribution in [3.8, 4) is 0 Å². The highest BCUT2D eigenvalue weighted by molar-refractivity contribution is 4.50. The fraction of sp³-hybridized carbons (Fsp3) is 1.00. The SMILES string of the molecule is [13CH3][13C]([13CH3])([13CH3])O. The summed E-state index contributed by atoms with van der Waals surface area (Å²) < 4.78 is 0. The molecule has 0 radical (unpaired) electrons. The van der Waals surface area contributed by atoms with E-state index in [1.54, 1.807) is 20.8 Å². The van der Waals surface area contributed by atoms with Crippen LogP contribution >= 0.6 is 0 Å². The second-order valence-electron chi connectivity index (χ2n) is 2.17. The minimum atomic E-state index is -0.500. The molecule has 1 N–H and O–H groups in total. The third-order valence-corrected chi connectivity index (χ3v) is 0. The van der Waals surface area contributed by atoms with Crippen LogP contribution in [0.25, 0.3) is 0 Å². The maximum absolute atomic E-state index is 8.52. The van der Waals surface area contributed by atoms with E-state index < -0.39 is 5.60 Å². The summed E-state index contributed by atoms with van der Waals surface area (Å²) >= 11 is 0. The quantitative estimate of drug-likeness (QED) is 0.424. The Morgan fingerprint density at radius 2 is 1.20 bits per heavy atom. The van der Waals surface area contributed by atoms with Gasteiger partial charge in [-0.1, -0.05) is 0 Å². The van der Waals surface area contributed by atoms with Crippen LogP contribution in [0.15, 0.2) is 0 Å². The van der Waals surface area contributed by atoms with Crippen LogP contribution in [0.3, 0.4) is 0 Å². The number of aliphatic hydroxyl groups is 1. The van der Waals surface area contributed by atoms with E-state index in [-0.39, 0.29) is 0 Å². The second-order valence-corrected chi connectivity index (χ2v) is 2.17. The molecule has 0 unspecified atom stereocenters. The van der Waals surface area contributed by atoms with E-state index in [4.69, 9.17) is 5.11 Å². The summed E-state index contributed by atoms with van der Waals surface area (Å²) in [5, 5.41) is 8.52. The Kier molecular flexibility index (Phi) is 0.969. The first kappa shape index (κ1) is 4.96. The molecule has 1 nitrogen and oxygen atoms in total. The van der Waals surface area contributed by atoms with Crippen molar-refractivity contribution in [2.75, 3.05) is 0 Å². The summed E-state index contributed by atoms with van der Waals surface area (Å²) in [6, 6.07) is 0. The number of hydrogen-bond acceptors (Lipinski definition) is 1. The minimum absolute atomic E-state index is 0.500. The molecule has 0 saturated carbocycles. The third-order valence-electron chi connectivity index (χ3n) is 0. The van der Waals surface area contributed by atoms with E-state index in [1.165, 1.54) is 0 Å². The van der Waals surface area contributed by atoms with E-state index in [9.17, 15) is 0 Å². The van der Waals surface area contributed by atoms with Gasteiger partial charge in [0.05, 0.1) is 5.60 Å². The Morgan fingerprint density at radius 1 is 1.20 bits per heavy atom. The predicted molar refractivity (Wildman–Crippen MR) is 22.0 cm³/mol. The molecule has 0 heterocycles. The van der Waals surface area contributed by atoms with Gasteiger partial charge in [-0.2, -0.15) is 0 Å². The van der Waals surface area contributed by atoms with Crippen molar-refractivity contribution in [2.24, 2.45) is 0 Å². The van der Waals surface area contributed by atoms with Gasteiger partial charge in [0.15, 0.2) is 0 Å². The second kappa shape index (κ2) is 0.977. The Balaban J connectivity index is 3.02. The minimum Gasteiger partial charge on any atom is -0.391 e. The van der Waals surface area contributed by atoms with Gasteiger partial charge in [0, 0.05) is 0 Å². The van der Waals surface area contributed by atoms with Crippen molar-refractivity contribution < 1.29 is 5.11 Å². The molecular weight excluding hydrogens is 68.0 g/mol. The largest absolute Gasteiger partial charge is 0.391 e. The molecule has 0 saturated heterocycles. The van der Waals surface area contributed by atoms with Gasteiger partial charge < -0.3 is 5.11 Å². The molecule has 0 fully saturated rings. The van der Waals surface area contributed by atoms with Gasteiger partial charge in [-0.15, -0.1) is 0 Å². The van der Waals surface area contributed by atoms with Gasteiger partial charge in [-0.3, -0.25) is 0 Å². The molecule has 0 aliphatic carbocycles. The first-order chi connectivity index (χ1) is 2.00. The molecule has 0 aliphatic rings. The van der Waals surface area contributed by atoms with Gasteiger partial charge >= 0.3 is 0 Å². The van der Waals surface area contributed by atoms with Crippen molar-refractivity contribution in [1.29, 1.82) is 0 Å². The highest BCUT2D eigenvalue weighted by Gasteiger charge is 1.97. The normalized spacial score (nSPS) is 12.0. The summed E-state index contributed by atoms with van der Waals surface area (Å²) in [6.45, 7) is 5.23. The van der Waals surface area contributed by atoms with Crippen LogP contribution in [0.4, 0.5) is 0 Å². The molecule has 0 aliphatic heterocycles. The molecular formula is C4H10O. The monoisotopic (exact) mass is 78.1 g/mol. The van der Waals surface area contributed by atoms with Crippen molar-refractivity contribution in [3.05, 3.63) is 0 Å². The molecule has 0 amide bonds. The van der Waals surface area contributed by atoms with Crippen molar-refractivity contribution in [2.45, 2.75) is 26.4 Å². The number of rotatable bonds is 0. The highest BCUT2D eigenvalue weighted by Crippen LogP contribution is 1.93. The van der Waals surface area contributed by atoms with E-state index in [0.29, 0.717) is 0 Å². The van der Waals surface area contributed by atoms with Gasteiger partial charge in [0.25, 0.3) is 0 Å². The Bertz CT molecular complexity index is 19.1. The van der Waals surface area contributed by atoms with E-state index in [2.05, 4.69) is 0 Å². The zero-order valence-electron chi connectivity index (χ0n) is 3.95. The number of hydrogen-bond donors (Lipinski definition) is 1. The average Bonchev–Trinajstić information content (AvgIpc) is 0.722. The zero-order chi connectivity index (χ0) is 4.50. The summed E-state index contributed by atoms with van der Waals surface area (Å²) in [5.41, 5.74) is -0.500. The van der Waals surface area contributed by atoms with Crippen molar-refractivity contribution in [1.82, 2.24) is 0 Å². The van der Waals surface area contributed by atoms with Gasteiger partial charge in [-0.25, -0.2) is 0 Å². The first-order valence-corrected chi connectivity index (χ1v) is 1.72. The van der Waals surface area contributed by atoms with Crippen molar-refractivity contribution >= 4 is 0 Å². The Labute approximate surface area is 32.6 Å². The predicted octanol–water partition coefficient (Wildman–Crippen LogP) is 0.777. The van der Waals surface area contributed by atoms with Crippen LogP contribution in [0.1, 0.15) is 20.8 Å². The first-order valence-electron chi connectivity index (χ1n) is 1.72. The Morgan fingerprint density at radius 3 is 1.20 bits per heavy atom. The molecule has 1 heteroatoms. The van der Waals surface area contributed by atoms with Crippen LogP contribution in [-0.4, -0.2) is 10.7 Å². The van der Waals surface area contributed by atoms with Gasteiger partial charge in [0.1, 0.15) is 0 Å². The summed E-state index contributed by atoms with van der Waals surface area (Å²) in [7, 11) is 0. The molecule has 0 aromatic carbocycles. The molecule has 0 atom stereocenters. The van der Waals surface area contributed by atoms with Gasteiger partial charge in [-0.05, 0) is 20.8 Å². The lowest BCUT2D eigenvalue weighted by molar-refractivity contribution is 0.102. The lowest BCUT2D eigenvalue weighted by Crippen LogP contribution is -2.10. The van der Waals surface area contributed by atoms with Crippen LogP contribution in [0, 0.1) is 0 Å². The molecule has 0 aromatic rings. The molecule has 5 heavy (non-hydrogen) atoms. The van der Waals surface area contributed by atoms with Gasteiger partial charge in [0.2, 0.25) is 0 Å². The Hall–Kier alpha value is -0.0400. The molecule has 32 valence electrons. The zero-order valence-corrected chi connectivity index (χ0v) is 3.95. The lowest BCUT2D eigenvalue weighted by Gasteiger charge is -2.04. The standard InChI is InChI=1S/C4H10O/c1-4(2,3)5/h5H,1-3H3/i1+1,2+1,3+1,4+1. The maximum atomic E-state index is 8.52. The fourth-order valence-electron chi connectivity index (χ4n) is 0. The molecule has 0 spiro atoms. The average molecular weight is 78.1 g/mol. The maximum Gasteiger partial charge on any atom is 0.0563 e. The highest BCUT2D eigenvalue weighted by atomic mass is 16.4. The van der Waals surface area contributed by atoms with Crippen LogP contribution in [-0.2, 0) is 0 Å². The lowest BCUT2D eigenvalue weighted by atomic mass is 11.2. The summed E-state index contributed by atoms with van der Waals surface area (Å²) in [4.78, 5) is 0. The van der Waals surface area contributed by atoms with Crippen LogP contribution < -0.4 is 0 Å².